The lowest BCUT2D eigenvalue weighted by Crippen LogP contribution is -2.46. The van der Waals surface area contributed by atoms with E-state index < -0.39 is 5.91 Å². The first-order valence-electron chi connectivity index (χ1n) is 7.36. The minimum atomic E-state index is -0.532. The Morgan fingerprint density at radius 1 is 1.26 bits per heavy atom. The maximum Gasteiger partial charge on any atom is 0.284 e. The first-order chi connectivity index (χ1) is 11.2. The van der Waals surface area contributed by atoms with Gasteiger partial charge in [-0.1, -0.05) is 6.07 Å². The van der Waals surface area contributed by atoms with Gasteiger partial charge in [-0.05, 0) is 23.6 Å². The molecule has 1 aliphatic rings. The van der Waals surface area contributed by atoms with Gasteiger partial charge in [0.25, 0.3) is 5.91 Å². The fourth-order valence-electron chi connectivity index (χ4n) is 2.55. The van der Waals surface area contributed by atoms with E-state index in [4.69, 9.17) is 5.21 Å². The van der Waals surface area contributed by atoms with Crippen molar-refractivity contribution in [3.8, 4) is 0 Å². The highest BCUT2D eigenvalue weighted by atomic mass is 32.1. The fraction of sp³-hybridized carbons (Fsp3) is 0.333. The number of rotatable bonds is 4. The summed E-state index contributed by atoms with van der Waals surface area (Å²) in [6, 6.07) is 7.20. The summed E-state index contributed by atoms with van der Waals surface area (Å²) in [5.41, 5.74) is 2.33. The van der Waals surface area contributed by atoms with Gasteiger partial charge in [0, 0.05) is 36.6 Å². The number of piperazine rings is 1. The van der Waals surface area contributed by atoms with E-state index in [1.165, 1.54) is 11.3 Å². The van der Waals surface area contributed by atoms with Crippen molar-refractivity contribution in [3.05, 3.63) is 29.1 Å². The van der Waals surface area contributed by atoms with Gasteiger partial charge in [0.15, 0.2) is 0 Å². The highest BCUT2D eigenvalue weighted by Gasteiger charge is 2.14. The maximum atomic E-state index is 12.1. The van der Waals surface area contributed by atoms with Gasteiger partial charge in [0.05, 0.1) is 11.4 Å². The molecular formula is C15H18N4O3S. The minimum Gasteiger partial charge on any atom is -0.325 e. The van der Waals surface area contributed by atoms with Crippen molar-refractivity contribution < 1.29 is 14.8 Å². The number of hydroxylamine groups is 1. The van der Waals surface area contributed by atoms with Crippen LogP contribution in [0.3, 0.4) is 0 Å². The lowest BCUT2D eigenvalue weighted by molar-refractivity contribution is -0.117. The second kappa shape index (κ2) is 7.05. The number of carbonyl (C=O) groups excluding carboxylic acids is 2. The number of anilines is 1. The Kier molecular flexibility index (Phi) is 4.87. The number of amides is 2. The van der Waals surface area contributed by atoms with E-state index in [0.29, 0.717) is 17.1 Å². The average molecular weight is 334 g/mol. The molecule has 8 heteroatoms. The number of thiophene rings is 1. The molecular weight excluding hydrogens is 316 g/mol. The van der Waals surface area contributed by atoms with E-state index in [-0.39, 0.29) is 5.91 Å². The molecule has 1 fully saturated rings. The molecule has 4 N–H and O–H groups in total. The van der Waals surface area contributed by atoms with Gasteiger partial charge in [-0.2, -0.15) is 0 Å². The summed E-state index contributed by atoms with van der Waals surface area (Å²) >= 11 is 1.26. The Morgan fingerprint density at radius 3 is 2.78 bits per heavy atom. The highest BCUT2D eigenvalue weighted by molar-refractivity contribution is 7.20. The molecule has 1 aromatic carbocycles. The molecule has 0 unspecified atom stereocenters. The molecule has 1 aliphatic heterocycles. The van der Waals surface area contributed by atoms with E-state index in [0.717, 1.165) is 36.3 Å². The molecule has 0 radical (unpaired) electrons. The third kappa shape index (κ3) is 3.85. The van der Waals surface area contributed by atoms with Crippen molar-refractivity contribution in [2.24, 2.45) is 0 Å². The topological polar surface area (TPSA) is 93.7 Å². The molecule has 0 atom stereocenters. The van der Waals surface area contributed by atoms with Crippen molar-refractivity contribution in [3.63, 3.8) is 0 Å². The zero-order chi connectivity index (χ0) is 16.2. The van der Waals surface area contributed by atoms with Crippen LogP contribution < -0.4 is 16.1 Å². The lowest BCUT2D eigenvalue weighted by Gasteiger charge is -2.26. The van der Waals surface area contributed by atoms with Crippen molar-refractivity contribution >= 4 is 38.9 Å². The van der Waals surface area contributed by atoms with E-state index in [1.54, 1.807) is 11.5 Å². The second-order valence-electron chi connectivity index (χ2n) is 5.38. The zero-order valence-corrected chi connectivity index (χ0v) is 13.3. The van der Waals surface area contributed by atoms with Crippen LogP contribution in [0.5, 0.6) is 0 Å². The number of nitrogens with one attached hydrogen (secondary N) is 3. The number of carbonyl (C=O) groups is 2. The van der Waals surface area contributed by atoms with Crippen LogP contribution in [-0.4, -0.2) is 54.6 Å². The predicted octanol–water partition coefficient (Wildman–Crippen LogP) is 0.864. The third-order valence-electron chi connectivity index (χ3n) is 3.71. The first-order valence-corrected chi connectivity index (χ1v) is 8.18. The number of hydrogen-bond acceptors (Lipinski definition) is 6. The molecule has 2 heterocycles. The molecule has 1 saturated heterocycles. The molecule has 2 aromatic rings. The van der Waals surface area contributed by atoms with Crippen LogP contribution in [0.25, 0.3) is 10.1 Å². The quantitative estimate of drug-likeness (QED) is 0.492. The second-order valence-corrected chi connectivity index (χ2v) is 6.46. The maximum absolute atomic E-state index is 12.1. The normalized spacial score (nSPS) is 15.5. The van der Waals surface area contributed by atoms with Crippen LogP contribution in [0.15, 0.2) is 24.3 Å². The van der Waals surface area contributed by atoms with Crippen molar-refractivity contribution in [2.75, 3.05) is 38.0 Å². The molecule has 122 valence electrons. The van der Waals surface area contributed by atoms with Gasteiger partial charge >= 0.3 is 0 Å². The summed E-state index contributed by atoms with van der Waals surface area (Å²) in [6.45, 7) is 3.94. The summed E-state index contributed by atoms with van der Waals surface area (Å²) in [5, 5.41) is 15.7. The summed E-state index contributed by atoms with van der Waals surface area (Å²) in [7, 11) is 0. The van der Waals surface area contributed by atoms with E-state index in [1.807, 2.05) is 18.2 Å². The summed E-state index contributed by atoms with van der Waals surface area (Å²) < 4.78 is 0.878. The van der Waals surface area contributed by atoms with Gasteiger partial charge in [-0.3, -0.25) is 19.7 Å². The molecule has 2 amide bonds. The lowest BCUT2D eigenvalue weighted by atomic mass is 10.2. The standard InChI is InChI=1S/C15H18N4O3S/c20-14(9-19-5-3-16-4-6-19)17-11-2-1-10-7-13(15(21)18-22)23-12(10)8-11/h1-2,7-8,16,22H,3-6,9H2,(H,17,20)(H,18,21). The molecule has 3 rings (SSSR count). The average Bonchev–Trinajstić information content (AvgIpc) is 2.98. The fourth-order valence-corrected chi connectivity index (χ4v) is 3.54. The number of fused-ring (bicyclic) bond motifs is 1. The van der Waals surface area contributed by atoms with Crippen LogP contribution in [0.2, 0.25) is 0 Å². The van der Waals surface area contributed by atoms with Gasteiger partial charge in [0.2, 0.25) is 5.91 Å². The van der Waals surface area contributed by atoms with Gasteiger partial charge in [-0.25, -0.2) is 5.48 Å². The third-order valence-corrected chi connectivity index (χ3v) is 4.80. The summed E-state index contributed by atoms with van der Waals surface area (Å²) in [5.74, 6) is -0.577. The van der Waals surface area contributed by atoms with Gasteiger partial charge in [0.1, 0.15) is 0 Å². The smallest absolute Gasteiger partial charge is 0.284 e. The monoisotopic (exact) mass is 334 g/mol. The van der Waals surface area contributed by atoms with Crippen LogP contribution >= 0.6 is 11.3 Å². The molecule has 0 saturated carbocycles. The summed E-state index contributed by atoms with van der Waals surface area (Å²) in [4.78, 5) is 26.1. The molecule has 0 spiro atoms. The number of nitrogens with zero attached hydrogens (tertiary/aromatic N) is 1. The summed E-state index contributed by atoms with van der Waals surface area (Å²) in [6.07, 6.45) is 0. The zero-order valence-electron chi connectivity index (χ0n) is 12.5. The highest BCUT2D eigenvalue weighted by Crippen LogP contribution is 2.28. The number of hydrogen-bond donors (Lipinski definition) is 4. The Hall–Kier alpha value is -2.00. The largest absolute Gasteiger partial charge is 0.325 e. The van der Waals surface area contributed by atoms with Crippen molar-refractivity contribution in [1.82, 2.24) is 15.7 Å². The molecule has 7 nitrogen and oxygen atoms in total. The van der Waals surface area contributed by atoms with Crippen LogP contribution in [0.1, 0.15) is 9.67 Å². The number of benzene rings is 1. The van der Waals surface area contributed by atoms with Crippen LogP contribution in [0, 0.1) is 0 Å². The predicted molar refractivity (Wildman–Crippen MR) is 89.0 cm³/mol. The Morgan fingerprint density at radius 2 is 2.04 bits per heavy atom. The Balaban J connectivity index is 1.67. The van der Waals surface area contributed by atoms with Gasteiger partial charge in [-0.15, -0.1) is 11.3 Å². The SMILES string of the molecule is O=C(CN1CCNCC1)Nc1ccc2cc(C(=O)NO)sc2c1. The Bertz CT molecular complexity index is 725. The van der Waals surface area contributed by atoms with Gasteiger partial charge < -0.3 is 10.6 Å². The first kappa shape index (κ1) is 15.9. The van der Waals surface area contributed by atoms with E-state index in [9.17, 15) is 9.59 Å². The minimum absolute atomic E-state index is 0.0452. The molecule has 23 heavy (non-hydrogen) atoms. The van der Waals surface area contributed by atoms with Crippen molar-refractivity contribution in [1.29, 1.82) is 0 Å². The molecule has 0 bridgehead atoms. The molecule has 0 aliphatic carbocycles. The Labute approximate surface area is 137 Å². The van der Waals surface area contributed by atoms with E-state index in [2.05, 4.69) is 15.5 Å². The van der Waals surface area contributed by atoms with Crippen LogP contribution in [0.4, 0.5) is 5.69 Å². The molecule has 1 aromatic heterocycles. The van der Waals surface area contributed by atoms with Crippen molar-refractivity contribution in [2.45, 2.75) is 0 Å². The van der Waals surface area contributed by atoms with E-state index >= 15 is 0 Å². The van der Waals surface area contributed by atoms with Crippen LogP contribution in [-0.2, 0) is 4.79 Å².